The first-order chi connectivity index (χ1) is 14.6. The van der Waals surface area contributed by atoms with Crippen LogP contribution in [-0.2, 0) is 11.2 Å². The van der Waals surface area contributed by atoms with E-state index in [2.05, 4.69) is 23.5 Å². The van der Waals surface area contributed by atoms with E-state index >= 15 is 0 Å². The Morgan fingerprint density at radius 3 is 2.50 bits per heavy atom. The summed E-state index contributed by atoms with van der Waals surface area (Å²) in [6, 6.07) is 17.9. The molecule has 5 heteroatoms. The highest BCUT2D eigenvalue weighted by molar-refractivity contribution is 6.32. The zero-order valence-corrected chi connectivity index (χ0v) is 17.9. The molecule has 1 aliphatic carbocycles. The molecule has 1 amide bonds. The molecule has 1 fully saturated rings. The third kappa shape index (κ3) is 5.25. The number of fused-ring (bicyclic) bond motifs is 1. The van der Waals surface area contributed by atoms with Crippen molar-refractivity contribution in [1.29, 1.82) is 0 Å². The van der Waals surface area contributed by atoms with Crippen LogP contribution in [0.5, 0.6) is 17.2 Å². The molecule has 0 bridgehead atoms. The largest absolute Gasteiger partial charge is 0.490 e. The lowest BCUT2D eigenvalue weighted by molar-refractivity contribution is -0.118. The van der Waals surface area contributed by atoms with Crippen LogP contribution in [0.2, 0.25) is 5.02 Å². The Labute approximate surface area is 182 Å². The van der Waals surface area contributed by atoms with Gasteiger partial charge in [0, 0.05) is 19.5 Å². The number of rotatable bonds is 7. The number of hydrogen-bond donors (Lipinski definition) is 1. The van der Waals surface area contributed by atoms with Crippen molar-refractivity contribution in [2.75, 3.05) is 6.54 Å². The molecule has 0 spiro atoms. The normalized spacial score (nSPS) is 14.1. The molecule has 0 aliphatic heterocycles. The predicted molar refractivity (Wildman–Crippen MR) is 121 cm³/mol. The number of amides is 1. The lowest BCUT2D eigenvalue weighted by atomic mass is 10.0. The lowest BCUT2D eigenvalue weighted by Gasteiger charge is -2.15. The minimum Gasteiger partial charge on any atom is -0.490 e. The molecule has 3 aromatic rings. The van der Waals surface area contributed by atoms with Gasteiger partial charge in [0.1, 0.15) is 17.2 Å². The zero-order valence-electron chi connectivity index (χ0n) is 17.1. The van der Waals surface area contributed by atoms with Crippen LogP contribution >= 0.6 is 11.6 Å². The first kappa shape index (κ1) is 20.5. The van der Waals surface area contributed by atoms with Gasteiger partial charge in [-0.3, -0.25) is 4.79 Å². The zero-order chi connectivity index (χ0) is 20.9. The van der Waals surface area contributed by atoms with Crippen LogP contribution in [-0.4, -0.2) is 18.6 Å². The summed E-state index contributed by atoms with van der Waals surface area (Å²) in [5, 5.41) is 5.59. The van der Waals surface area contributed by atoms with E-state index in [0.29, 0.717) is 23.4 Å². The molecule has 1 aliphatic rings. The summed E-state index contributed by atoms with van der Waals surface area (Å²) in [6.07, 6.45) is 5.80. The second kappa shape index (κ2) is 9.40. The van der Waals surface area contributed by atoms with Crippen molar-refractivity contribution in [3.05, 3.63) is 65.2 Å². The Kier molecular flexibility index (Phi) is 6.44. The van der Waals surface area contributed by atoms with Gasteiger partial charge in [0.15, 0.2) is 0 Å². The third-order valence-electron chi connectivity index (χ3n) is 5.40. The summed E-state index contributed by atoms with van der Waals surface area (Å²) >= 11 is 6.44. The minimum absolute atomic E-state index is 0.00521. The van der Waals surface area contributed by atoms with Gasteiger partial charge in [0.2, 0.25) is 5.91 Å². The highest BCUT2D eigenvalue weighted by Crippen LogP contribution is 2.35. The molecular weight excluding hydrogens is 398 g/mol. The monoisotopic (exact) mass is 423 g/mol. The molecule has 1 saturated carbocycles. The van der Waals surface area contributed by atoms with E-state index in [1.54, 1.807) is 0 Å². The predicted octanol–water partition coefficient (Wildman–Crippen LogP) is 6.29. The molecule has 30 heavy (non-hydrogen) atoms. The highest BCUT2D eigenvalue weighted by Gasteiger charge is 2.17. The van der Waals surface area contributed by atoms with Crippen LogP contribution in [0.3, 0.4) is 0 Å². The van der Waals surface area contributed by atoms with Gasteiger partial charge in [-0.15, -0.1) is 0 Å². The number of carbonyl (C=O) groups is 1. The second-order valence-corrected chi connectivity index (χ2v) is 8.20. The van der Waals surface area contributed by atoms with E-state index in [-0.39, 0.29) is 5.91 Å². The van der Waals surface area contributed by atoms with Crippen molar-refractivity contribution in [3.63, 3.8) is 0 Å². The van der Waals surface area contributed by atoms with Gasteiger partial charge in [0.05, 0.1) is 11.1 Å². The Bertz CT molecular complexity index is 1040. The van der Waals surface area contributed by atoms with E-state index in [9.17, 15) is 4.79 Å². The van der Waals surface area contributed by atoms with Crippen molar-refractivity contribution >= 4 is 28.3 Å². The number of nitrogens with one attached hydrogen (secondary N) is 1. The van der Waals surface area contributed by atoms with Crippen molar-refractivity contribution in [1.82, 2.24) is 5.32 Å². The van der Waals surface area contributed by atoms with E-state index in [1.165, 1.54) is 25.3 Å². The number of ether oxygens (including phenoxy) is 2. The molecule has 3 aromatic carbocycles. The third-order valence-corrected chi connectivity index (χ3v) is 5.70. The van der Waals surface area contributed by atoms with Gasteiger partial charge in [-0.25, -0.2) is 0 Å². The topological polar surface area (TPSA) is 47.6 Å². The maximum absolute atomic E-state index is 11.0. The Hall–Kier alpha value is -2.72. The number of benzene rings is 3. The summed E-state index contributed by atoms with van der Waals surface area (Å²) in [4.78, 5) is 11.0. The Morgan fingerprint density at radius 2 is 1.73 bits per heavy atom. The summed E-state index contributed by atoms with van der Waals surface area (Å²) < 4.78 is 12.0. The Morgan fingerprint density at radius 1 is 1.00 bits per heavy atom. The van der Waals surface area contributed by atoms with E-state index in [0.717, 1.165) is 41.5 Å². The molecule has 0 radical (unpaired) electrons. The lowest BCUT2D eigenvalue weighted by Crippen LogP contribution is -2.22. The van der Waals surface area contributed by atoms with Gasteiger partial charge < -0.3 is 14.8 Å². The quantitative estimate of drug-likeness (QED) is 0.486. The maximum Gasteiger partial charge on any atom is 0.216 e. The summed E-state index contributed by atoms with van der Waals surface area (Å²) in [6.45, 7) is 2.17. The van der Waals surface area contributed by atoms with Crippen LogP contribution in [0, 0.1) is 0 Å². The van der Waals surface area contributed by atoms with Crippen molar-refractivity contribution in [2.24, 2.45) is 0 Å². The van der Waals surface area contributed by atoms with Crippen molar-refractivity contribution in [2.45, 2.75) is 45.1 Å². The van der Waals surface area contributed by atoms with Crippen LogP contribution in [0.25, 0.3) is 10.8 Å². The summed E-state index contributed by atoms with van der Waals surface area (Å²) in [7, 11) is 0. The van der Waals surface area contributed by atoms with Crippen LogP contribution in [0.1, 0.15) is 38.2 Å². The first-order valence-electron chi connectivity index (χ1n) is 10.5. The number of hydrogen-bond acceptors (Lipinski definition) is 3. The average Bonchev–Trinajstić information content (AvgIpc) is 3.23. The fraction of sp³-hybridized carbons (Fsp3) is 0.320. The fourth-order valence-corrected chi connectivity index (χ4v) is 4.05. The molecule has 0 atom stereocenters. The average molecular weight is 424 g/mol. The van der Waals surface area contributed by atoms with Gasteiger partial charge in [-0.1, -0.05) is 35.9 Å². The van der Waals surface area contributed by atoms with Crippen molar-refractivity contribution < 1.29 is 14.3 Å². The highest BCUT2D eigenvalue weighted by atomic mass is 35.5. The summed E-state index contributed by atoms with van der Waals surface area (Å²) in [5.74, 6) is 2.14. The number of carbonyl (C=O) groups excluding carboxylic acids is 1. The smallest absolute Gasteiger partial charge is 0.216 e. The molecule has 0 heterocycles. The standard InChI is InChI=1S/C25H26ClNO3/c1-17(28)27-13-12-18-6-7-20-15-22(9-8-19(20)14-18)30-25-11-10-23(16-24(25)26)29-21-4-2-3-5-21/h6-11,14-16,21H,2-5,12-13H2,1H3,(H,27,28). The molecule has 4 rings (SSSR count). The molecule has 4 nitrogen and oxygen atoms in total. The Balaban J connectivity index is 1.43. The molecule has 0 saturated heterocycles. The molecular formula is C25H26ClNO3. The number of halogens is 1. The van der Waals surface area contributed by atoms with Crippen LogP contribution < -0.4 is 14.8 Å². The fourth-order valence-electron chi connectivity index (χ4n) is 3.84. The molecule has 156 valence electrons. The van der Waals surface area contributed by atoms with Crippen LogP contribution in [0.4, 0.5) is 0 Å². The van der Waals surface area contributed by atoms with Gasteiger partial charge >= 0.3 is 0 Å². The minimum atomic E-state index is -0.00521. The summed E-state index contributed by atoms with van der Waals surface area (Å²) in [5.41, 5.74) is 1.19. The SMILES string of the molecule is CC(=O)NCCc1ccc2cc(Oc3ccc(OC4CCCC4)cc3Cl)ccc2c1. The molecule has 0 aromatic heterocycles. The van der Waals surface area contributed by atoms with E-state index in [1.807, 2.05) is 36.4 Å². The van der Waals surface area contributed by atoms with E-state index in [4.69, 9.17) is 21.1 Å². The first-order valence-corrected chi connectivity index (χ1v) is 10.9. The van der Waals surface area contributed by atoms with Crippen molar-refractivity contribution in [3.8, 4) is 17.2 Å². The van der Waals surface area contributed by atoms with E-state index < -0.39 is 0 Å². The molecule has 1 N–H and O–H groups in total. The van der Waals surface area contributed by atoms with Gasteiger partial charge in [-0.2, -0.15) is 0 Å². The second-order valence-electron chi connectivity index (χ2n) is 7.79. The maximum atomic E-state index is 11.0. The van der Waals surface area contributed by atoms with Gasteiger partial charge in [-0.05, 0) is 72.7 Å². The van der Waals surface area contributed by atoms with Crippen LogP contribution in [0.15, 0.2) is 54.6 Å². The molecule has 0 unspecified atom stereocenters. The van der Waals surface area contributed by atoms with Gasteiger partial charge in [0.25, 0.3) is 0 Å².